The molecule has 2 aromatic heterocycles. The van der Waals surface area contributed by atoms with Crippen molar-refractivity contribution in [1.29, 1.82) is 0 Å². The van der Waals surface area contributed by atoms with Gasteiger partial charge in [-0.3, -0.25) is 4.68 Å². The van der Waals surface area contributed by atoms with Gasteiger partial charge >= 0.3 is 6.03 Å². The van der Waals surface area contributed by atoms with E-state index in [0.717, 1.165) is 32.4 Å². The highest BCUT2D eigenvalue weighted by atomic mass is 32.1. The van der Waals surface area contributed by atoms with Gasteiger partial charge in [-0.05, 0) is 20.8 Å². The standard InChI is InChI=1S/C20H25N5OS/c1-13(18-14(2)23-25(5)15(18)3)22-20(26)24(4)12-17-11-21-19(27-17)16-9-7-6-8-10-16/h6-11,13H,12H2,1-5H3,(H,22,26)/t13-/m0/s1. The van der Waals surface area contributed by atoms with Crippen molar-refractivity contribution in [2.45, 2.75) is 33.4 Å². The Morgan fingerprint density at radius 1 is 1.30 bits per heavy atom. The summed E-state index contributed by atoms with van der Waals surface area (Å²) in [6.45, 7) is 6.50. The monoisotopic (exact) mass is 383 g/mol. The molecule has 1 atom stereocenters. The molecule has 142 valence electrons. The van der Waals surface area contributed by atoms with Gasteiger partial charge in [-0.25, -0.2) is 9.78 Å². The molecule has 3 rings (SSSR count). The number of benzene rings is 1. The normalized spacial score (nSPS) is 12.0. The number of amides is 2. The van der Waals surface area contributed by atoms with E-state index in [2.05, 4.69) is 15.4 Å². The third kappa shape index (κ3) is 4.19. The van der Waals surface area contributed by atoms with Crippen LogP contribution in [0.5, 0.6) is 0 Å². The molecular weight excluding hydrogens is 358 g/mol. The molecule has 0 aliphatic heterocycles. The summed E-state index contributed by atoms with van der Waals surface area (Å²) in [7, 11) is 3.72. The van der Waals surface area contributed by atoms with Crippen molar-refractivity contribution in [3.63, 3.8) is 0 Å². The maximum Gasteiger partial charge on any atom is 0.317 e. The van der Waals surface area contributed by atoms with Crippen LogP contribution in [0.15, 0.2) is 36.5 Å². The maximum atomic E-state index is 12.6. The summed E-state index contributed by atoms with van der Waals surface area (Å²) in [6, 6.07) is 9.86. The molecule has 0 radical (unpaired) electrons. The summed E-state index contributed by atoms with van der Waals surface area (Å²) in [6.07, 6.45) is 1.84. The second-order valence-electron chi connectivity index (χ2n) is 6.73. The predicted octanol–water partition coefficient (Wildman–Crippen LogP) is 4.06. The molecule has 2 amide bonds. The number of urea groups is 1. The van der Waals surface area contributed by atoms with Crippen LogP contribution in [0.25, 0.3) is 10.6 Å². The Bertz CT molecular complexity index is 931. The van der Waals surface area contributed by atoms with E-state index in [-0.39, 0.29) is 12.1 Å². The first-order valence-electron chi connectivity index (χ1n) is 8.88. The van der Waals surface area contributed by atoms with E-state index in [1.54, 1.807) is 23.3 Å². The van der Waals surface area contributed by atoms with Gasteiger partial charge in [0.15, 0.2) is 0 Å². The van der Waals surface area contributed by atoms with E-state index in [9.17, 15) is 4.79 Å². The average Bonchev–Trinajstić information content (AvgIpc) is 3.20. The molecule has 0 aliphatic rings. The van der Waals surface area contributed by atoms with E-state index in [0.29, 0.717) is 6.54 Å². The Morgan fingerprint density at radius 3 is 2.63 bits per heavy atom. The van der Waals surface area contributed by atoms with E-state index in [4.69, 9.17) is 0 Å². The van der Waals surface area contributed by atoms with Crippen molar-refractivity contribution in [3.8, 4) is 10.6 Å². The van der Waals surface area contributed by atoms with Crippen LogP contribution >= 0.6 is 11.3 Å². The number of hydrogen-bond acceptors (Lipinski definition) is 4. The van der Waals surface area contributed by atoms with Crippen molar-refractivity contribution >= 4 is 17.4 Å². The van der Waals surface area contributed by atoms with Gasteiger partial charge in [-0.15, -0.1) is 11.3 Å². The van der Waals surface area contributed by atoms with E-state index < -0.39 is 0 Å². The van der Waals surface area contributed by atoms with Crippen LogP contribution in [-0.2, 0) is 13.6 Å². The van der Waals surface area contributed by atoms with Crippen molar-refractivity contribution in [2.24, 2.45) is 7.05 Å². The van der Waals surface area contributed by atoms with Gasteiger partial charge in [0.25, 0.3) is 0 Å². The molecular formula is C20H25N5OS. The predicted molar refractivity (Wildman–Crippen MR) is 109 cm³/mol. The van der Waals surface area contributed by atoms with Crippen LogP contribution in [0.3, 0.4) is 0 Å². The largest absolute Gasteiger partial charge is 0.331 e. The number of nitrogens with zero attached hydrogens (tertiary/aromatic N) is 4. The van der Waals surface area contributed by atoms with Gasteiger partial charge in [0, 0.05) is 42.0 Å². The third-order valence-electron chi connectivity index (χ3n) is 4.65. The molecule has 0 unspecified atom stereocenters. The number of carbonyl (C=O) groups excluding carboxylic acids is 1. The molecule has 0 spiro atoms. The van der Waals surface area contributed by atoms with Crippen molar-refractivity contribution in [2.75, 3.05) is 7.05 Å². The van der Waals surface area contributed by atoms with Crippen molar-refractivity contribution < 1.29 is 4.79 Å². The van der Waals surface area contributed by atoms with Gasteiger partial charge in [0.1, 0.15) is 5.01 Å². The average molecular weight is 384 g/mol. The minimum Gasteiger partial charge on any atom is -0.331 e. The summed E-state index contributed by atoms with van der Waals surface area (Å²) in [5.41, 5.74) is 4.18. The van der Waals surface area contributed by atoms with Crippen LogP contribution < -0.4 is 5.32 Å². The minimum atomic E-state index is -0.111. The second-order valence-corrected chi connectivity index (χ2v) is 7.85. The molecule has 0 bridgehead atoms. The fraction of sp³-hybridized carbons (Fsp3) is 0.350. The van der Waals surface area contributed by atoms with Gasteiger partial charge in [-0.2, -0.15) is 5.10 Å². The smallest absolute Gasteiger partial charge is 0.317 e. The zero-order valence-electron chi connectivity index (χ0n) is 16.4. The molecule has 1 aromatic carbocycles. The van der Waals surface area contributed by atoms with Crippen LogP contribution in [0.1, 0.15) is 34.8 Å². The summed E-state index contributed by atoms with van der Waals surface area (Å²) < 4.78 is 1.85. The highest BCUT2D eigenvalue weighted by Crippen LogP contribution is 2.26. The minimum absolute atomic E-state index is 0.102. The van der Waals surface area contributed by atoms with Gasteiger partial charge in [0.2, 0.25) is 0 Å². The molecule has 2 heterocycles. The second kappa shape index (κ2) is 7.92. The van der Waals surface area contributed by atoms with E-state index >= 15 is 0 Å². The van der Waals surface area contributed by atoms with Gasteiger partial charge < -0.3 is 10.2 Å². The fourth-order valence-electron chi connectivity index (χ4n) is 3.18. The molecule has 3 aromatic rings. The number of rotatable bonds is 5. The molecule has 6 nitrogen and oxygen atoms in total. The van der Waals surface area contributed by atoms with Crippen LogP contribution in [0, 0.1) is 13.8 Å². The molecule has 7 heteroatoms. The van der Waals surface area contributed by atoms with Gasteiger partial charge in [0.05, 0.1) is 18.3 Å². The molecule has 27 heavy (non-hydrogen) atoms. The Balaban J connectivity index is 1.63. The van der Waals surface area contributed by atoms with E-state index in [1.807, 2.05) is 69.0 Å². The Labute approximate surface area is 163 Å². The van der Waals surface area contributed by atoms with Crippen molar-refractivity contribution in [3.05, 3.63) is 58.4 Å². The number of aryl methyl sites for hydroxylation is 2. The van der Waals surface area contributed by atoms with Gasteiger partial charge in [-0.1, -0.05) is 30.3 Å². The lowest BCUT2D eigenvalue weighted by Gasteiger charge is -2.21. The third-order valence-corrected chi connectivity index (χ3v) is 5.68. The lowest BCUT2D eigenvalue weighted by atomic mass is 10.1. The van der Waals surface area contributed by atoms with Crippen LogP contribution in [0.2, 0.25) is 0 Å². The van der Waals surface area contributed by atoms with E-state index in [1.165, 1.54) is 0 Å². The first-order valence-corrected chi connectivity index (χ1v) is 9.70. The molecule has 0 saturated heterocycles. The Kier molecular flexibility index (Phi) is 5.60. The summed E-state index contributed by atoms with van der Waals surface area (Å²) >= 11 is 1.61. The lowest BCUT2D eigenvalue weighted by molar-refractivity contribution is 0.204. The topological polar surface area (TPSA) is 63.1 Å². The highest BCUT2D eigenvalue weighted by molar-refractivity contribution is 7.15. The summed E-state index contributed by atoms with van der Waals surface area (Å²) in [5, 5.41) is 8.46. The van der Waals surface area contributed by atoms with Crippen molar-refractivity contribution in [1.82, 2.24) is 25.0 Å². The fourth-order valence-corrected chi connectivity index (χ4v) is 4.16. The summed E-state index contributed by atoms with van der Waals surface area (Å²) in [4.78, 5) is 19.8. The first kappa shape index (κ1) is 19.1. The number of carbonyl (C=O) groups is 1. The summed E-state index contributed by atoms with van der Waals surface area (Å²) in [5.74, 6) is 0. The zero-order valence-corrected chi connectivity index (χ0v) is 17.2. The number of hydrogen-bond donors (Lipinski definition) is 1. The Hall–Kier alpha value is -2.67. The van der Waals surface area contributed by atoms with Crippen LogP contribution in [0.4, 0.5) is 4.79 Å². The molecule has 0 fully saturated rings. The number of thiazole rings is 1. The quantitative estimate of drug-likeness (QED) is 0.722. The highest BCUT2D eigenvalue weighted by Gasteiger charge is 2.20. The Morgan fingerprint density at radius 2 is 2.00 bits per heavy atom. The molecule has 0 saturated carbocycles. The first-order chi connectivity index (χ1) is 12.9. The molecule has 0 aliphatic carbocycles. The SMILES string of the molecule is Cc1nn(C)c(C)c1[C@H](C)NC(=O)N(C)Cc1cnc(-c2ccccc2)s1. The zero-order chi connectivity index (χ0) is 19.6. The lowest BCUT2D eigenvalue weighted by Crippen LogP contribution is -2.38. The number of aromatic nitrogens is 3. The number of nitrogens with one attached hydrogen (secondary N) is 1. The maximum absolute atomic E-state index is 12.6. The molecule has 1 N–H and O–H groups in total. The van der Waals surface area contributed by atoms with Crippen LogP contribution in [-0.4, -0.2) is 32.7 Å².